The molecule has 0 spiro atoms. The lowest BCUT2D eigenvalue weighted by atomic mass is 9.89. The van der Waals surface area contributed by atoms with E-state index in [9.17, 15) is 24.6 Å². The summed E-state index contributed by atoms with van der Waals surface area (Å²) in [7, 11) is 0. The van der Waals surface area contributed by atoms with Crippen LogP contribution >= 0.6 is 35.1 Å². The van der Waals surface area contributed by atoms with Crippen molar-refractivity contribution >= 4 is 52.9 Å². The highest BCUT2D eigenvalue weighted by atomic mass is 32.2. The Morgan fingerprint density at radius 1 is 1.46 bits per heavy atom. The number of carbonyl (C=O) groups is 3. The van der Waals surface area contributed by atoms with Gasteiger partial charge in [-0.2, -0.15) is 4.37 Å². The third-order valence-electron chi connectivity index (χ3n) is 3.98. The predicted molar refractivity (Wildman–Crippen MR) is 87.5 cm³/mol. The van der Waals surface area contributed by atoms with Crippen molar-refractivity contribution in [2.45, 2.75) is 15.6 Å². The van der Waals surface area contributed by atoms with Gasteiger partial charge < -0.3 is 26.0 Å². The Hall–Kier alpha value is -1.50. The highest BCUT2D eigenvalue weighted by Crippen LogP contribution is 2.45. The van der Waals surface area contributed by atoms with Gasteiger partial charge in [0.25, 0.3) is 0 Å². The molecule has 0 radical (unpaired) electrons. The summed E-state index contributed by atoms with van der Waals surface area (Å²) < 4.78 is 3.83. The van der Waals surface area contributed by atoms with Crippen LogP contribution in [0.1, 0.15) is 10.4 Å². The molecule has 3 rings (SSSR count). The zero-order valence-corrected chi connectivity index (χ0v) is 14.5. The maximum Gasteiger partial charge on any atom is 0.343 e. The number of hydrogen-bond donors (Lipinski definition) is 4. The topological polar surface area (TPSA) is 154 Å². The van der Waals surface area contributed by atoms with Gasteiger partial charge in [0.05, 0.1) is 4.21 Å². The van der Waals surface area contributed by atoms with Gasteiger partial charge in [0.15, 0.2) is 0 Å². The van der Waals surface area contributed by atoms with Crippen molar-refractivity contribution in [2.24, 2.45) is 11.1 Å². The molecule has 0 aliphatic carbocycles. The fourth-order valence-electron chi connectivity index (χ4n) is 2.56. The summed E-state index contributed by atoms with van der Waals surface area (Å²) in [6.07, 6.45) is 0. The molecule has 130 valence electrons. The first-order chi connectivity index (χ1) is 11.3. The number of aromatic hydroxyl groups is 1. The van der Waals surface area contributed by atoms with Gasteiger partial charge in [-0.1, -0.05) is 0 Å². The monoisotopic (exact) mass is 391 g/mol. The number of fused-ring (bicyclic) bond motifs is 1. The second kappa shape index (κ2) is 6.10. The molecule has 1 aromatic rings. The molecule has 2 fully saturated rings. The first kappa shape index (κ1) is 17.3. The van der Waals surface area contributed by atoms with Crippen LogP contribution in [0.5, 0.6) is 5.88 Å². The van der Waals surface area contributed by atoms with Crippen molar-refractivity contribution in [3.63, 3.8) is 0 Å². The Labute approximate surface area is 148 Å². The molecule has 2 unspecified atom stereocenters. The number of aliphatic carboxylic acids is 1. The zero-order chi connectivity index (χ0) is 17.6. The second-order valence-electron chi connectivity index (χ2n) is 5.54. The van der Waals surface area contributed by atoms with Crippen molar-refractivity contribution in [1.29, 1.82) is 0 Å². The van der Waals surface area contributed by atoms with Gasteiger partial charge in [-0.05, 0) is 11.5 Å². The van der Waals surface area contributed by atoms with E-state index < -0.39 is 29.3 Å². The normalized spacial score (nSPS) is 29.0. The van der Waals surface area contributed by atoms with Crippen LogP contribution in [0.25, 0.3) is 0 Å². The summed E-state index contributed by atoms with van der Waals surface area (Å²) >= 11 is 3.13. The number of aromatic carboxylic acids is 1. The minimum atomic E-state index is -1.32. The zero-order valence-electron chi connectivity index (χ0n) is 12.0. The molecule has 0 aromatic carbocycles. The van der Waals surface area contributed by atoms with Crippen molar-refractivity contribution in [3.05, 3.63) is 5.56 Å². The third-order valence-corrected chi connectivity index (χ3v) is 7.96. The highest BCUT2D eigenvalue weighted by Gasteiger charge is 2.55. The van der Waals surface area contributed by atoms with Crippen LogP contribution in [-0.4, -0.2) is 71.9 Å². The first-order valence-corrected chi connectivity index (χ1v) is 9.53. The van der Waals surface area contributed by atoms with Crippen molar-refractivity contribution in [2.75, 3.05) is 18.1 Å². The van der Waals surface area contributed by atoms with E-state index >= 15 is 0 Å². The number of amides is 1. The van der Waals surface area contributed by atoms with Crippen LogP contribution in [-0.2, 0) is 9.59 Å². The molecule has 2 aliphatic rings. The minimum Gasteiger partial charge on any atom is -0.492 e. The summed E-state index contributed by atoms with van der Waals surface area (Å²) in [6, 6.07) is -0.591. The average molecular weight is 391 g/mol. The third kappa shape index (κ3) is 2.62. The molecule has 1 aromatic heterocycles. The Morgan fingerprint density at radius 3 is 2.79 bits per heavy atom. The summed E-state index contributed by atoms with van der Waals surface area (Å²) in [4.78, 5) is 36.2. The summed E-state index contributed by atoms with van der Waals surface area (Å²) in [6.45, 7) is 0.0344. The van der Waals surface area contributed by atoms with E-state index in [0.29, 0.717) is 0 Å². The number of β-lactam (4-membered cyclic amide) rings is 1. The largest absolute Gasteiger partial charge is 0.492 e. The van der Waals surface area contributed by atoms with E-state index in [2.05, 4.69) is 4.37 Å². The molecule has 3 heterocycles. The second-order valence-corrected chi connectivity index (χ2v) is 8.66. The molecule has 9 nitrogen and oxygen atoms in total. The summed E-state index contributed by atoms with van der Waals surface area (Å²) in [5, 5.41) is 28.0. The molecule has 0 bridgehead atoms. The molecule has 5 N–H and O–H groups in total. The highest BCUT2D eigenvalue weighted by molar-refractivity contribution is 8.01. The smallest absolute Gasteiger partial charge is 0.343 e. The van der Waals surface area contributed by atoms with E-state index in [1.54, 1.807) is 0 Å². The van der Waals surface area contributed by atoms with Gasteiger partial charge in [0, 0.05) is 18.1 Å². The number of thioether (sulfide) groups is 2. The quantitative estimate of drug-likeness (QED) is 0.397. The summed E-state index contributed by atoms with van der Waals surface area (Å²) in [5.41, 5.74) is 4.16. The van der Waals surface area contributed by atoms with Crippen LogP contribution in [0.3, 0.4) is 0 Å². The van der Waals surface area contributed by atoms with Gasteiger partial charge in [-0.25, -0.2) is 4.79 Å². The first-order valence-electron chi connectivity index (χ1n) is 6.72. The maximum absolute atomic E-state index is 11.8. The van der Waals surface area contributed by atoms with Gasteiger partial charge in [0.2, 0.25) is 11.8 Å². The van der Waals surface area contributed by atoms with E-state index in [4.69, 9.17) is 10.8 Å². The Bertz CT molecular complexity index is 725. The number of carbonyl (C=O) groups excluding carboxylic acids is 1. The van der Waals surface area contributed by atoms with Gasteiger partial charge in [-0.3, -0.25) is 9.59 Å². The van der Waals surface area contributed by atoms with Crippen LogP contribution < -0.4 is 5.73 Å². The number of carboxylic acids is 2. The molecule has 24 heavy (non-hydrogen) atoms. The number of rotatable bonds is 5. The molecule has 12 heteroatoms. The van der Waals surface area contributed by atoms with Crippen LogP contribution in [0.4, 0.5) is 0 Å². The fraction of sp³-hybridized carbons (Fsp3) is 0.500. The van der Waals surface area contributed by atoms with E-state index in [0.717, 1.165) is 23.3 Å². The fourth-order valence-corrected chi connectivity index (χ4v) is 6.25. The lowest BCUT2D eigenvalue weighted by Crippen LogP contribution is -2.72. The molecule has 1 amide bonds. The lowest BCUT2D eigenvalue weighted by molar-refractivity contribution is -0.155. The predicted octanol–water partition coefficient (Wildman–Crippen LogP) is -0.0476. The van der Waals surface area contributed by atoms with E-state index in [-0.39, 0.29) is 39.1 Å². The maximum atomic E-state index is 11.8. The van der Waals surface area contributed by atoms with Gasteiger partial charge in [-0.15, -0.1) is 23.5 Å². The average Bonchev–Trinajstić information content (AvgIpc) is 2.92. The van der Waals surface area contributed by atoms with Crippen LogP contribution in [0, 0.1) is 5.41 Å². The van der Waals surface area contributed by atoms with E-state index in [1.807, 2.05) is 0 Å². The summed E-state index contributed by atoms with van der Waals surface area (Å²) in [5.74, 6) is -2.91. The Balaban J connectivity index is 1.78. The molecular weight excluding hydrogens is 378 g/mol. The molecule has 2 saturated heterocycles. The van der Waals surface area contributed by atoms with Crippen molar-refractivity contribution in [3.8, 4) is 5.88 Å². The lowest BCUT2D eigenvalue weighted by Gasteiger charge is -2.52. The number of hydrogen-bond acceptors (Lipinski definition) is 9. The SMILES string of the molecule is NC1C(=O)N2CC(CSc3snc(O)c3C(=O)O)(C(=O)O)CS[C@H]12. The van der Waals surface area contributed by atoms with E-state index in [1.165, 1.54) is 16.7 Å². The standard InChI is InChI=1S/C12H13N3O6S3/c13-5-7(17)15-1-12(11(20)21,2-22-8(5)15)3-23-10-4(9(18)19)6(16)14-24-10/h5,8H,1-3,13H2,(H,14,16)(H,18,19)(H,20,21)/t5?,8-,12?/m1/s1. The molecule has 3 atom stereocenters. The van der Waals surface area contributed by atoms with Crippen molar-refractivity contribution < 1.29 is 29.7 Å². The molecule has 0 saturated carbocycles. The van der Waals surface area contributed by atoms with Gasteiger partial charge in [0.1, 0.15) is 22.4 Å². The minimum absolute atomic E-state index is 0.0344. The van der Waals surface area contributed by atoms with Crippen molar-refractivity contribution in [1.82, 2.24) is 9.27 Å². The number of aromatic nitrogens is 1. The van der Waals surface area contributed by atoms with Gasteiger partial charge >= 0.3 is 11.9 Å². The number of nitrogens with two attached hydrogens (primary N) is 1. The Morgan fingerprint density at radius 2 is 2.17 bits per heavy atom. The van der Waals surface area contributed by atoms with Crippen LogP contribution in [0.2, 0.25) is 0 Å². The number of carboxylic acid groups (broad SMARTS) is 2. The molecular formula is C12H13N3O6S3. The van der Waals surface area contributed by atoms with Crippen LogP contribution in [0.15, 0.2) is 4.21 Å². The molecule has 2 aliphatic heterocycles. The Kier molecular flexibility index (Phi) is 4.40. The number of nitrogens with zero attached hydrogens (tertiary/aromatic N) is 2.